The average molecular weight is 220 g/mol. The van der Waals surface area contributed by atoms with Gasteiger partial charge >= 0.3 is 0 Å². The molecule has 0 aliphatic carbocycles. The molecule has 6 heteroatoms. The lowest BCUT2D eigenvalue weighted by Crippen LogP contribution is -2.34. The van der Waals surface area contributed by atoms with Gasteiger partial charge in [-0.3, -0.25) is 4.79 Å². The maximum Gasteiger partial charge on any atom is 0.241 e. The molecule has 3 N–H and O–H groups in total. The second-order valence-electron chi connectivity index (χ2n) is 2.80. The van der Waals surface area contributed by atoms with E-state index in [-0.39, 0.29) is 18.3 Å². The van der Waals surface area contributed by atoms with Crippen molar-refractivity contribution >= 4 is 24.0 Å². The molecular formula is C8H14ClN3O2. The van der Waals surface area contributed by atoms with Gasteiger partial charge in [-0.2, -0.15) is 0 Å². The highest BCUT2D eigenvalue weighted by Crippen LogP contribution is 2.12. The molecule has 14 heavy (non-hydrogen) atoms. The SMILES string of the molecule is CC[C@@H](N)C(=O)Nc1cnoc1C.Cl. The van der Waals surface area contributed by atoms with Gasteiger partial charge in [0.25, 0.3) is 0 Å². The lowest BCUT2D eigenvalue weighted by Gasteiger charge is -2.07. The highest BCUT2D eigenvalue weighted by molar-refractivity contribution is 5.94. The summed E-state index contributed by atoms with van der Waals surface area (Å²) < 4.78 is 4.77. The zero-order chi connectivity index (χ0) is 9.84. The van der Waals surface area contributed by atoms with Crippen molar-refractivity contribution in [3.63, 3.8) is 0 Å². The predicted molar refractivity (Wildman–Crippen MR) is 55.4 cm³/mol. The summed E-state index contributed by atoms with van der Waals surface area (Å²) in [6.45, 7) is 3.57. The Morgan fingerprint density at radius 3 is 2.86 bits per heavy atom. The van der Waals surface area contributed by atoms with Crippen molar-refractivity contribution in [1.82, 2.24) is 5.16 Å². The first kappa shape index (κ1) is 12.9. The normalized spacial score (nSPS) is 11.6. The van der Waals surface area contributed by atoms with Gasteiger partial charge in [-0.1, -0.05) is 12.1 Å². The molecule has 80 valence electrons. The van der Waals surface area contributed by atoms with Gasteiger partial charge in [-0.05, 0) is 13.3 Å². The van der Waals surface area contributed by atoms with E-state index < -0.39 is 6.04 Å². The molecule has 1 atom stereocenters. The van der Waals surface area contributed by atoms with Crippen molar-refractivity contribution in [3.05, 3.63) is 12.0 Å². The number of amides is 1. The Balaban J connectivity index is 0.00000169. The van der Waals surface area contributed by atoms with Crippen LogP contribution >= 0.6 is 12.4 Å². The molecule has 0 fully saturated rings. The van der Waals surface area contributed by atoms with E-state index in [1.807, 2.05) is 6.92 Å². The van der Waals surface area contributed by atoms with Crippen molar-refractivity contribution in [1.29, 1.82) is 0 Å². The number of carbonyl (C=O) groups is 1. The monoisotopic (exact) mass is 219 g/mol. The fraction of sp³-hybridized carbons (Fsp3) is 0.500. The van der Waals surface area contributed by atoms with E-state index in [1.54, 1.807) is 6.92 Å². The lowest BCUT2D eigenvalue weighted by atomic mass is 10.2. The van der Waals surface area contributed by atoms with Crippen LogP contribution in [0, 0.1) is 6.92 Å². The van der Waals surface area contributed by atoms with Crippen molar-refractivity contribution < 1.29 is 9.32 Å². The molecule has 1 rings (SSSR count). The quantitative estimate of drug-likeness (QED) is 0.797. The van der Waals surface area contributed by atoms with Gasteiger partial charge in [-0.15, -0.1) is 12.4 Å². The van der Waals surface area contributed by atoms with E-state index in [0.717, 1.165) is 0 Å². The number of aryl methyl sites for hydroxylation is 1. The molecule has 0 bridgehead atoms. The highest BCUT2D eigenvalue weighted by atomic mass is 35.5. The molecule has 0 saturated heterocycles. The first-order chi connectivity index (χ1) is 6.15. The van der Waals surface area contributed by atoms with Crippen molar-refractivity contribution in [2.24, 2.45) is 5.73 Å². The number of aromatic nitrogens is 1. The number of rotatable bonds is 3. The van der Waals surface area contributed by atoms with Crippen LogP contribution < -0.4 is 11.1 Å². The maximum atomic E-state index is 11.3. The summed E-state index contributed by atoms with van der Waals surface area (Å²) >= 11 is 0. The van der Waals surface area contributed by atoms with Crippen molar-refractivity contribution in [3.8, 4) is 0 Å². The largest absolute Gasteiger partial charge is 0.359 e. The van der Waals surface area contributed by atoms with E-state index in [9.17, 15) is 4.79 Å². The molecule has 1 aromatic rings. The van der Waals surface area contributed by atoms with Gasteiger partial charge in [-0.25, -0.2) is 0 Å². The summed E-state index contributed by atoms with van der Waals surface area (Å²) in [5.41, 5.74) is 6.10. The van der Waals surface area contributed by atoms with E-state index in [2.05, 4.69) is 10.5 Å². The fourth-order valence-electron chi connectivity index (χ4n) is 0.829. The summed E-state index contributed by atoms with van der Waals surface area (Å²) in [6, 6.07) is -0.478. The van der Waals surface area contributed by atoms with Crippen LogP contribution in [0.1, 0.15) is 19.1 Å². The van der Waals surface area contributed by atoms with Gasteiger partial charge in [0.05, 0.1) is 12.2 Å². The molecule has 0 aliphatic heterocycles. The number of hydrogen-bond acceptors (Lipinski definition) is 4. The number of hydrogen-bond donors (Lipinski definition) is 2. The Bertz CT molecular complexity index is 301. The average Bonchev–Trinajstić information content (AvgIpc) is 2.50. The van der Waals surface area contributed by atoms with Gasteiger partial charge in [0.2, 0.25) is 5.91 Å². The zero-order valence-electron chi connectivity index (χ0n) is 8.11. The first-order valence-corrected chi connectivity index (χ1v) is 4.13. The third-order valence-electron chi connectivity index (χ3n) is 1.79. The summed E-state index contributed by atoms with van der Waals surface area (Å²) in [7, 11) is 0. The molecule has 0 aliphatic rings. The van der Waals surface area contributed by atoms with E-state index >= 15 is 0 Å². The number of nitrogens with zero attached hydrogens (tertiary/aromatic N) is 1. The van der Waals surface area contributed by atoms with Crippen LogP contribution in [0.25, 0.3) is 0 Å². The summed E-state index contributed by atoms with van der Waals surface area (Å²) in [5.74, 6) is 0.366. The van der Waals surface area contributed by atoms with Gasteiger partial charge < -0.3 is 15.6 Å². The molecule has 0 aromatic carbocycles. The molecule has 5 nitrogen and oxygen atoms in total. The molecule has 1 amide bonds. The van der Waals surface area contributed by atoms with Crippen LogP contribution in [0.5, 0.6) is 0 Å². The van der Waals surface area contributed by atoms with Crippen LogP contribution in [-0.4, -0.2) is 17.1 Å². The Morgan fingerprint density at radius 2 is 2.43 bits per heavy atom. The Hall–Kier alpha value is -1.07. The molecule has 0 saturated carbocycles. The number of anilines is 1. The van der Waals surface area contributed by atoms with Gasteiger partial charge in [0, 0.05) is 0 Å². The smallest absolute Gasteiger partial charge is 0.241 e. The Morgan fingerprint density at radius 1 is 1.79 bits per heavy atom. The van der Waals surface area contributed by atoms with E-state index in [0.29, 0.717) is 17.9 Å². The number of carbonyl (C=O) groups excluding carboxylic acids is 1. The van der Waals surface area contributed by atoms with E-state index in [4.69, 9.17) is 10.3 Å². The van der Waals surface area contributed by atoms with Gasteiger partial charge in [0.15, 0.2) is 5.76 Å². The fourth-order valence-corrected chi connectivity index (χ4v) is 0.829. The summed E-state index contributed by atoms with van der Waals surface area (Å²) in [4.78, 5) is 11.3. The van der Waals surface area contributed by atoms with Crippen LogP contribution in [0.3, 0.4) is 0 Å². The minimum atomic E-state index is -0.478. The summed E-state index contributed by atoms with van der Waals surface area (Å²) in [6.07, 6.45) is 2.06. The van der Waals surface area contributed by atoms with E-state index in [1.165, 1.54) is 6.20 Å². The minimum absolute atomic E-state index is 0. The van der Waals surface area contributed by atoms with Gasteiger partial charge in [0.1, 0.15) is 5.69 Å². The number of halogens is 1. The topological polar surface area (TPSA) is 81.2 Å². The molecule has 1 aromatic heterocycles. The maximum absolute atomic E-state index is 11.3. The highest BCUT2D eigenvalue weighted by Gasteiger charge is 2.13. The van der Waals surface area contributed by atoms with Crippen molar-refractivity contribution in [2.75, 3.05) is 5.32 Å². The standard InChI is InChI=1S/C8H13N3O2.ClH/c1-3-6(9)8(12)11-7-4-10-13-5(7)2;/h4,6H,3,9H2,1-2H3,(H,11,12);1H/t6-;/m1./s1. The number of nitrogens with two attached hydrogens (primary N) is 1. The summed E-state index contributed by atoms with van der Waals surface area (Å²) in [5, 5.41) is 6.15. The lowest BCUT2D eigenvalue weighted by molar-refractivity contribution is -0.117. The van der Waals surface area contributed by atoms with Crippen LogP contribution in [0.4, 0.5) is 5.69 Å². The van der Waals surface area contributed by atoms with Crippen LogP contribution in [0.15, 0.2) is 10.7 Å². The van der Waals surface area contributed by atoms with Crippen LogP contribution in [-0.2, 0) is 4.79 Å². The molecular weight excluding hydrogens is 206 g/mol. The van der Waals surface area contributed by atoms with Crippen molar-refractivity contribution in [2.45, 2.75) is 26.3 Å². The second-order valence-corrected chi connectivity index (χ2v) is 2.80. The first-order valence-electron chi connectivity index (χ1n) is 4.13. The zero-order valence-corrected chi connectivity index (χ0v) is 8.93. The third kappa shape index (κ3) is 3.01. The molecule has 0 radical (unpaired) electrons. The van der Waals surface area contributed by atoms with Crippen LogP contribution in [0.2, 0.25) is 0 Å². The minimum Gasteiger partial charge on any atom is -0.359 e. The Kier molecular flexibility index (Phi) is 5.19. The molecule has 1 heterocycles. The molecule has 0 spiro atoms. The Labute approximate surface area is 88.4 Å². The third-order valence-corrected chi connectivity index (χ3v) is 1.79. The number of nitrogens with one attached hydrogen (secondary N) is 1. The molecule has 0 unspecified atom stereocenters. The predicted octanol–water partition coefficient (Wildman–Crippen LogP) is 1.08. The second kappa shape index (κ2) is 5.62.